The molecule has 5 nitrogen and oxygen atoms in total. The molecule has 3 rings (SSSR count). The van der Waals surface area contributed by atoms with E-state index in [1.807, 2.05) is 6.21 Å². The van der Waals surface area contributed by atoms with Gasteiger partial charge < -0.3 is 4.90 Å². The Morgan fingerprint density at radius 1 is 1.15 bits per heavy atom. The van der Waals surface area contributed by atoms with Gasteiger partial charge in [-0.15, -0.1) is 11.3 Å². The van der Waals surface area contributed by atoms with Crippen LogP contribution in [0.5, 0.6) is 0 Å². The first kappa shape index (κ1) is 18.5. The molecule has 0 atom stereocenters. The van der Waals surface area contributed by atoms with Crippen molar-refractivity contribution < 1.29 is 0 Å². The number of nitrogens with one attached hydrogen (secondary N) is 1. The van der Waals surface area contributed by atoms with E-state index in [4.69, 9.17) is 0 Å². The summed E-state index contributed by atoms with van der Waals surface area (Å²) in [4.78, 5) is 13.2. The zero-order valence-electron chi connectivity index (χ0n) is 15.9. The predicted molar refractivity (Wildman–Crippen MR) is 111 cm³/mol. The average Bonchev–Trinajstić information content (AvgIpc) is 3.01. The molecule has 26 heavy (non-hydrogen) atoms. The molecular formula is C20H25N5S. The van der Waals surface area contributed by atoms with E-state index in [0.29, 0.717) is 0 Å². The monoisotopic (exact) mass is 367 g/mol. The van der Waals surface area contributed by atoms with E-state index < -0.39 is 0 Å². The lowest BCUT2D eigenvalue weighted by molar-refractivity contribution is 0.402. The molecule has 6 heteroatoms. The molecule has 0 aliphatic rings. The second kappa shape index (κ2) is 7.51. The summed E-state index contributed by atoms with van der Waals surface area (Å²) in [6, 6.07) is 10.6. The first-order valence-electron chi connectivity index (χ1n) is 8.61. The van der Waals surface area contributed by atoms with Gasteiger partial charge in [-0.2, -0.15) is 5.10 Å². The molecule has 0 spiro atoms. The van der Waals surface area contributed by atoms with Crippen molar-refractivity contribution in [2.24, 2.45) is 5.10 Å². The first-order chi connectivity index (χ1) is 12.3. The van der Waals surface area contributed by atoms with Gasteiger partial charge in [0.1, 0.15) is 11.2 Å². The van der Waals surface area contributed by atoms with Gasteiger partial charge in [-0.25, -0.2) is 9.97 Å². The summed E-state index contributed by atoms with van der Waals surface area (Å²) in [7, 11) is 4.13. The van der Waals surface area contributed by atoms with E-state index >= 15 is 0 Å². The third-order valence-electron chi connectivity index (χ3n) is 3.93. The van der Waals surface area contributed by atoms with Gasteiger partial charge in [-0.3, -0.25) is 5.43 Å². The molecule has 0 amide bonds. The van der Waals surface area contributed by atoms with E-state index in [1.54, 1.807) is 17.7 Å². The highest BCUT2D eigenvalue weighted by Crippen LogP contribution is 2.35. The maximum Gasteiger partial charge on any atom is 0.158 e. The largest absolute Gasteiger partial charge is 0.305 e. The molecule has 0 radical (unpaired) electrons. The Morgan fingerprint density at radius 3 is 2.54 bits per heavy atom. The number of benzene rings is 1. The van der Waals surface area contributed by atoms with Crippen LogP contribution in [0.3, 0.4) is 0 Å². The summed E-state index contributed by atoms with van der Waals surface area (Å²) >= 11 is 1.71. The molecule has 0 aliphatic heterocycles. The molecule has 136 valence electrons. The third kappa shape index (κ3) is 4.45. The van der Waals surface area contributed by atoms with Crippen LogP contribution in [0.1, 0.15) is 36.8 Å². The Hall–Kier alpha value is -2.31. The van der Waals surface area contributed by atoms with Crippen LogP contribution >= 0.6 is 11.3 Å². The number of fused-ring (bicyclic) bond motifs is 1. The van der Waals surface area contributed by atoms with Gasteiger partial charge in [-0.1, -0.05) is 45.0 Å². The van der Waals surface area contributed by atoms with Gasteiger partial charge in [0.15, 0.2) is 5.82 Å². The zero-order valence-corrected chi connectivity index (χ0v) is 16.8. The summed E-state index contributed by atoms with van der Waals surface area (Å²) in [5.41, 5.74) is 5.49. The van der Waals surface area contributed by atoms with Crippen molar-refractivity contribution in [3.05, 3.63) is 52.7 Å². The van der Waals surface area contributed by atoms with Crippen LogP contribution in [0.25, 0.3) is 10.2 Å². The van der Waals surface area contributed by atoms with Crippen molar-refractivity contribution >= 4 is 33.6 Å². The Labute approximate surface area is 158 Å². The lowest BCUT2D eigenvalue weighted by Crippen LogP contribution is -2.10. The summed E-state index contributed by atoms with van der Waals surface area (Å²) in [6.07, 6.45) is 3.39. The van der Waals surface area contributed by atoms with Crippen LogP contribution in [-0.4, -0.2) is 35.2 Å². The van der Waals surface area contributed by atoms with Gasteiger partial charge in [0.2, 0.25) is 0 Å². The summed E-state index contributed by atoms with van der Waals surface area (Å²) < 4.78 is 0. The minimum absolute atomic E-state index is 0.0974. The van der Waals surface area contributed by atoms with Crippen molar-refractivity contribution in [3.8, 4) is 0 Å². The van der Waals surface area contributed by atoms with Gasteiger partial charge in [0.05, 0.1) is 11.6 Å². The SMILES string of the molecule is CN(C)Cc1ccc(C=NNc2ncnc3sc(C(C)(C)C)cc23)cc1. The lowest BCUT2D eigenvalue weighted by atomic mass is 9.94. The molecule has 0 saturated carbocycles. The minimum Gasteiger partial charge on any atom is -0.305 e. The van der Waals surface area contributed by atoms with Crippen LogP contribution in [-0.2, 0) is 12.0 Å². The molecule has 1 aromatic carbocycles. The van der Waals surface area contributed by atoms with Crippen LogP contribution in [0, 0.1) is 0 Å². The lowest BCUT2D eigenvalue weighted by Gasteiger charge is -2.14. The number of thiophene rings is 1. The van der Waals surface area contributed by atoms with Crippen molar-refractivity contribution in [1.29, 1.82) is 0 Å². The third-order valence-corrected chi connectivity index (χ3v) is 5.40. The van der Waals surface area contributed by atoms with Crippen molar-refractivity contribution in [1.82, 2.24) is 14.9 Å². The Morgan fingerprint density at radius 2 is 1.88 bits per heavy atom. The number of aromatic nitrogens is 2. The maximum absolute atomic E-state index is 4.39. The van der Waals surface area contributed by atoms with Crippen molar-refractivity contribution in [2.45, 2.75) is 32.7 Å². The van der Waals surface area contributed by atoms with Gasteiger partial charge in [0, 0.05) is 11.4 Å². The fourth-order valence-corrected chi connectivity index (χ4v) is 3.61. The zero-order chi connectivity index (χ0) is 18.7. The number of nitrogens with zero attached hydrogens (tertiary/aromatic N) is 4. The van der Waals surface area contributed by atoms with Crippen LogP contribution in [0.15, 0.2) is 41.8 Å². The van der Waals surface area contributed by atoms with E-state index in [9.17, 15) is 0 Å². The number of hydrogen-bond acceptors (Lipinski definition) is 6. The van der Waals surface area contributed by atoms with E-state index in [2.05, 4.69) is 90.6 Å². The summed E-state index contributed by atoms with van der Waals surface area (Å²) in [6.45, 7) is 7.55. The van der Waals surface area contributed by atoms with E-state index in [1.165, 1.54) is 10.4 Å². The number of anilines is 1. The highest BCUT2D eigenvalue weighted by molar-refractivity contribution is 7.18. The fraction of sp³-hybridized carbons (Fsp3) is 0.350. The Kier molecular flexibility index (Phi) is 5.34. The van der Waals surface area contributed by atoms with E-state index in [0.717, 1.165) is 28.1 Å². The molecule has 3 aromatic rings. The normalized spacial score (nSPS) is 12.4. The first-order valence-corrected chi connectivity index (χ1v) is 9.42. The van der Waals surface area contributed by atoms with Crippen molar-refractivity contribution in [2.75, 3.05) is 19.5 Å². The van der Waals surface area contributed by atoms with Gasteiger partial charge in [0.25, 0.3) is 0 Å². The maximum atomic E-state index is 4.39. The number of rotatable bonds is 5. The molecular weight excluding hydrogens is 342 g/mol. The van der Waals surface area contributed by atoms with Gasteiger partial charge in [-0.05, 0) is 36.7 Å². The Balaban J connectivity index is 1.75. The smallest absolute Gasteiger partial charge is 0.158 e. The minimum atomic E-state index is 0.0974. The van der Waals surface area contributed by atoms with Crippen LogP contribution in [0.4, 0.5) is 5.82 Å². The second-order valence-electron chi connectivity index (χ2n) is 7.65. The second-order valence-corrected chi connectivity index (χ2v) is 8.68. The number of hydrazone groups is 1. The highest BCUT2D eigenvalue weighted by Gasteiger charge is 2.18. The van der Waals surface area contributed by atoms with Crippen molar-refractivity contribution in [3.63, 3.8) is 0 Å². The topological polar surface area (TPSA) is 53.4 Å². The standard InChI is InChI=1S/C20H25N5S/c1-20(2,3)17-10-16-18(21-13-22-19(16)26-17)24-23-11-14-6-8-15(9-7-14)12-25(4)5/h6-11,13H,12H2,1-5H3,(H,21,22,24). The van der Waals surface area contributed by atoms with Crippen LogP contribution in [0.2, 0.25) is 0 Å². The summed E-state index contributed by atoms with van der Waals surface area (Å²) in [5.74, 6) is 0.738. The molecule has 0 unspecified atom stereocenters. The molecule has 0 saturated heterocycles. The average molecular weight is 368 g/mol. The fourth-order valence-electron chi connectivity index (χ4n) is 2.56. The molecule has 1 N–H and O–H groups in total. The van der Waals surface area contributed by atoms with Crippen LogP contribution < -0.4 is 5.43 Å². The quantitative estimate of drug-likeness (QED) is 0.533. The predicted octanol–water partition coefficient (Wildman–Crippen LogP) is 4.50. The highest BCUT2D eigenvalue weighted by atomic mass is 32.1. The Bertz CT molecular complexity index is 904. The van der Waals surface area contributed by atoms with E-state index in [-0.39, 0.29) is 5.41 Å². The number of hydrogen-bond donors (Lipinski definition) is 1. The van der Waals surface area contributed by atoms with Gasteiger partial charge >= 0.3 is 0 Å². The molecule has 0 fully saturated rings. The molecule has 2 heterocycles. The summed E-state index contributed by atoms with van der Waals surface area (Å²) in [5, 5.41) is 5.37. The molecule has 0 bridgehead atoms. The molecule has 0 aliphatic carbocycles. The molecule has 2 aromatic heterocycles.